The molecule has 1 aromatic heterocycles. The highest BCUT2D eigenvalue weighted by Crippen LogP contribution is 2.60. The average Bonchev–Trinajstić information content (AvgIpc) is 3.85. The molecule has 1 unspecified atom stereocenters. The number of aromatic nitrogens is 3. The van der Waals surface area contributed by atoms with E-state index in [2.05, 4.69) is 47.8 Å². The largest absolute Gasteiger partial charge is 0.497 e. The number of methoxy groups -OCH3 is 1. The number of aliphatic hydroxyl groups excluding tert-OH is 2. The third-order valence-electron chi connectivity index (χ3n) is 12.3. The Labute approximate surface area is 335 Å². The summed E-state index contributed by atoms with van der Waals surface area (Å²) >= 11 is 0. The highest BCUT2D eigenvalue weighted by atomic mass is 28.3. The van der Waals surface area contributed by atoms with E-state index in [1.54, 1.807) is 28.6 Å². The minimum atomic E-state index is -2.39. The van der Waals surface area contributed by atoms with Crippen molar-refractivity contribution in [1.29, 1.82) is 0 Å². The fourth-order valence-electron chi connectivity index (χ4n) is 9.47. The number of anilines is 3. The Morgan fingerprint density at radius 1 is 1.00 bits per heavy atom. The molecule has 3 aliphatic rings. The van der Waals surface area contributed by atoms with Gasteiger partial charge in [0.1, 0.15) is 11.5 Å². The van der Waals surface area contributed by atoms with Gasteiger partial charge in [0.15, 0.2) is 5.60 Å². The highest BCUT2D eigenvalue weighted by molar-refractivity contribution is 6.91. The number of aryl methyl sites for hydroxylation is 1. The van der Waals surface area contributed by atoms with E-state index in [1.165, 1.54) is 5.19 Å². The number of likely N-dealkylation sites (N-methyl/N-ethyl adjacent to an activating group) is 1. The van der Waals surface area contributed by atoms with Crippen LogP contribution in [0.2, 0.25) is 18.6 Å². The molecule has 304 valence electrons. The van der Waals surface area contributed by atoms with Crippen molar-refractivity contribution < 1.29 is 34.0 Å². The Balaban J connectivity index is 1.30. The highest BCUT2D eigenvalue weighted by Gasteiger charge is 2.66. The van der Waals surface area contributed by atoms with Gasteiger partial charge in [-0.15, -0.1) is 5.10 Å². The number of unbranched alkanes of at least 4 members (excludes halogenated alkanes) is 1. The summed E-state index contributed by atoms with van der Waals surface area (Å²) in [5.74, 6) is 1.11. The van der Waals surface area contributed by atoms with E-state index in [1.807, 2.05) is 61.7 Å². The normalized spacial score (nSPS) is 23.0. The average molecular weight is 797 g/mol. The lowest BCUT2D eigenvalue weighted by atomic mass is 9.82. The molecular weight excluding hydrogens is 741 g/mol. The standard InChI is InChI=1S/C43H56N6O7Si/c1-7-55-33-13-17-37-29(24-33)25-36(44-20-8-9-22-50)41(52)49(37)31-10-16-38-35(26-31)43(42(53)47(38)3)28(2)40(57(5,6)34-14-11-32(54-4)12-15-34)39(56-43)18-21-48-27-30(19-23-51)45-46-48/h10-17,24,26-28,36,39-40,44,50-51H,7-9,18-23,25H2,1-6H3/t28-,36?,39+,40-,43+/m1/s1. The molecule has 1 saturated heterocycles. The van der Waals surface area contributed by atoms with Crippen LogP contribution in [-0.4, -0.2) is 97.8 Å². The molecule has 3 aliphatic heterocycles. The second-order valence-corrected chi connectivity index (χ2v) is 20.7. The Kier molecular flexibility index (Phi) is 11.9. The van der Waals surface area contributed by atoms with Gasteiger partial charge in [0.25, 0.3) is 5.91 Å². The molecule has 1 fully saturated rings. The molecule has 14 heteroatoms. The summed E-state index contributed by atoms with van der Waals surface area (Å²) in [4.78, 5) is 32.9. The van der Waals surface area contributed by atoms with Crippen molar-refractivity contribution in [3.05, 3.63) is 83.7 Å². The zero-order chi connectivity index (χ0) is 40.5. The predicted octanol–water partition coefficient (Wildman–Crippen LogP) is 4.45. The number of nitrogens with one attached hydrogen (secondary N) is 1. The van der Waals surface area contributed by atoms with Gasteiger partial charge < -0.3 is 34.6 Å². The Bertz CT molecular complexity index is 2070. The van der Waals surface area contributed by atoms with Gasteiger partial charge >= 0.3 is 0 Å². The van der Waals surface area contributed by atoms with E-state index < -0.39 is 19.7 Å². The summed E-state index contributed by atoms with van der Waals surface area (Å²) in [6.07, 6.45) is 4.49. The third kappa shape index (κ3) is 7.38. The molecule has 7 rings (SSSR count). The Morgan fingerprint density at radius 2 is 1.75 bits per heavy atom. The molecule has 0 bridgehead atoms. The molecule has 57 heavy (non-hydrogen) atoms. The van der Waals surface area contributed by atoms with Gasteiger partial charge in [-0.2, -0.15) is 0 Å². The summed E-state index contributed by atoms with van der Waals surface area (Å²) in [7, 11) is 1.08. The van der Waals surface area contributed by atoms with Crippen LogP contribution in [0.3, 0.4) is 0 Å². The van der Waals surface area contributed by atoms with Gasteiger partial charge in [-0.1, -0.05) is 42.6 Å². The van der Waals surface area contributed by atoms with Gasteiger partial charge in [-0.3, -0.25) is 19.2 Å². The molecule has 0 aliphatic carbocycles. The van der Waals surface area contributed by atoms with Crippen molar-refractivity contribution in [3.8, 4) is 11.5 Å². The van der Waals surface area contributed by atoms with Gasteiger partial charge in [0, 0.05) is 56.6 Å². The summed E-state index contributed by atoms with van der Waals surface area (Å²) < 4.78 is 20.5. The van der Waals surface area contributed by atoms with E-state index in [9.17, 15) is 19.8 Å². The molecule has 2 amide bonds. The van der Waals surface area contributed by atoms with E-state index in [4.69, 9.17) is 14.2 Å². The third-order valence-corrected chi connectivity index (χ3v) is 16.7. The number of fused-ring (bicyclic) bond motifs is 3. The van der Waals surface area contributed by atoms with Crippen molar-refractivity contribution in [2.45, 2.75) is 88.9 Å². The smallest absolute Gasteiger partial charge is 0.264 e. The van der Waals surface area contributed by atoms with Crippen LogP contribution in [0.1, 0.15) is 49.9 Å². The van der Waals surface area contributed by atoms with Crippen LogP contribution in [-0.2, 0) is 39.3 Å². The first-order chi connectivity index (χ1) is 27.5. The van der Waals surface area contributed by atoms with Crippen LogP contribution in [0.4, 0.5) is 17.1 Å². The molecular formula is C43H56N6O7Si. The fraction of sp³-hybridized carbons (Fsp3) is 0.488. The van der Waals surface area contributed by atoms with Gasteiger partial charge in [0.2, 0.25) is 5.91 Å². The summed E-state index contributed by atoms with van der Waals surface area (Å²) in [6, 6.07) is 19.5. The summed E-state index contributed by atoms with van der Waals surface area (Å²) in [6.45, 7) is 10.6. The maximum Gasteiger partial charge on any atom is 0.264 e. The molecule has 5 atom stereocenters. The lowest BCUT2D eigenvalue weighted by Crippen LogP contribution is -2.51. The van der Waals surface area contributed by atoms with Crippen molar-refractivity contribution in [1.82, 2.24) is 20.3 Å². The topological polar surface area (TPSA) is 152 Å². The molecule has 3 aromatic carbocycles. The van der Waals surface area contributed by atoms with Crippen molar-refractivity contribution >= 4 is 42.1 Å². The zero-order valence-corrected chi connectivity index (χ0v) is 34.9. The van der Waals surface area contributed by atoms with Crippen LogP contribution in [0.25, 0.3) is 0 Å². The SMILES string of the molecule is CCOc1ccc2c(c1)CC(NCCCCO)C(=O)N2c1ccc2c(c1)[C@]1(O[C@@H](CCn3cc(CCO)nn3)[C@H]([Si](C)(C)c3ccc(OC)cc3)[C@H]1C)C(=O)N2C. The van der Waals surface area contributed by atoms with Crippen LogP contribution < -0.4 is 29.8 Å². The Morgan fingerprint density at radius 3 is 2.47 bits per heavy atom. The number of aliphatic hydroxyl groups is 2. The van der Waals surface area contributed by atoms with Crippen molar-refractivity contribution in [3.63, 3.8) is 0 Å². The second kappa shape index (κ2) is 16.7. The minimum Gasteiger partial charge on any atom is -0.497 e. The summed E-state index contributed by atoms with van der Waals surface area (Å²) in [5.41, 5.74) is 3.39. The number of hydrogen-bond donors (Lipinski definition) is 3. The fourth-order valence-corrected chi connectivity index (χ4v) is 13.5. The van der Waals surface area contributed by atoms with Crippen molar-refractivity contribution in [2.24, 2.45) is 5.92 Å². The molecule has 1 spiro atoms. The molecule has 13 nitrogen and oxygen atoms in total. The van der Waals surface area contributed by atoms with E-state index in [-0.39, 0.29) is 42.6 Å². The Hall–Kier alpha value is -4.60. The predicted molar refractivity (Wildman–Crippen MR) is 221 cm³/mol. The monoisotopic (exact) mass is 796 g/mol. The maximum atomic E-state index is 14.9. The number of carbonyl (C=O) groups excluding carboxylic acids is 2. The second-order valence-electron chi connectivity index (χ2n) is 16.0. The van der Waals surface area contributed by atoms with E-state index >= 15 is 0 Å². The minimum absolute atomic E-state index is 0.00404. The van der Waals surface area contributed by atoms with Crippen LogP contribution in [0.5, 0.6) is 11.5 Å². The molecule has 0 radical (unpaired) electrons. The quantitative estimate of drug-likeness (QED) is 0.110. The number of hydrogen-bond acceptors (Lipinski definition) is 10. The molecule has 3 N–H and O–H groups in total. The van der Waals surface area contributed by atoms with Crippen LogP contribution >= 0.6 is 0 Å². The lowest BCUT2D eigenvalue weighted by molar-refractivity contribution is -0.145. The number of carbonyl (C=O) groups is 2. The number of nitrogens with zero attached hydrogens (tertiary/aromatic N) is 5. The number of amides is 2. The number of benzene rings is 3. The van der Waals surface area contributed by atoms with E-state index in [0.717, 1.165) is 46.1 Å². The lowest BCUT2D eigenvalue weighted by Gasteiger charge is -2.37. The molecule has 4 heterocycles. The van der Waals surface area contributed by atoms with Gasteiger partial charge in [-0.25, -0.2) is 0 Å². The first-order valence-corrected chi connectivity index (χ1v) is 23.2. The maximum absolute atomic E-state index is 14.9. The van der Waals surface area contributed by atoms with Crippen LogP contribution in [0.15, 0.2) is 66.9 Å². The summed E-state index contributed by atoms with van der Waals surface area (Å²) in [5, 5.41) is 32.1. The first kappa shape index (κ1) is 40.6. The number of ether oxygens (including phenoxy) is 3. The van der Waals surface area contributed by atoms with Crippen LogP contribution in [0, 0.1) is 5.92 Å². The molecule has 0 saturated carbocycles. The van der Waals surface area contributed by atoms with Gasteiger partial charge in [0.05, 0.1) is 51.0 Å². The molecule has 4 aromatic rings. The first-order valence-electron chi connectivity index (χ1n) is 20.2. The van der Waals surface area contributed by atoms with Crippen molar-refractivity contribution in [2.75, 3.05) is 50.3 Å². The van der Waals surface area contributed by atoms with E-state index in [0.29, 0.717) is 51.1 Å². The zero-order valence-electron chi connectivity index (χ0n) is 33.9. The van der Waals surface area contributed by atoms with Gasteiger partial charge in [-0.05, 0) is 98.8 Å². The number of rotatable bonds is 16.